The molecule has 0 aromatic heterocycles. The van der Waals surface area contributed by atoms with Crippen molar-refractivity contribution in [1.82, 2.24) is 0 Å². The predicted octanol–water partition coefficient (Wildman–Crippen LogP) is 1.10. The average Bonchev–Trinajstić information content (AvgIpc) is 1.84. The fraction of sp³-hybridized carbons (Fsp3) is 0.833. The average molecular weight is 167 g/mol. The van der Waals surface area contributed by atoms with Crippen LogP contribution in [0.1, 0.15) is 13.8 Å². The maximum absolute atomic E-state index is 10.4. The second-order valence-corrected chi connectivity index (χ2v) is 2.73. The van der Waals surface area contributed by atoms with Crippen LogP contribution in [0.4, 0.5) is 0 Å². The number of carboxylic acids is 1. The lowest BCUT2D eigenvalue weighted by molar-refractivity contribution is -0.160. The van der Waals surface area contributed by atoms with Crippen LogP contribution in [0, 0.1) is 0 Å². The van der Waals surface area contributed by atoms with Crippen molar-refractivity contribution in [2.45, 2.75) is 19.4 Å². The summed E-state index contributed by atoms with van der Waals surface area (Å²) in [7, 11) is 0. The molecule has 0 amide bonds. The lowest BCUT2D eigenvalue weighted by Gasteiger charge is -2.18. The number of rotatable bonds is 4. The van der Waals surface area contributed by atoms with Crippen molar-refractivity contribution in [2.75, 3.05) is 12.5 Å². The fourth-order valence-corrected chi connectivity index (χ4v) is 0.433. The molecular weight excluding hydrogens is 156 g/mol. The first-order chi connectivity index (χ1) is 4.50. The molecule has 60 valence electrons. The first kappa shape index (κ1) is 9.72. The van der Waals surface area contributed by atoms with Gasteiger partial charge in [-0.2, -0.15) is 0 Å². The summed E-state index contributed by atoms with van der Waals surface area (Å²) in [6.07, 6.45) is 0. The van der Waals surface area contributed by atoms with Crippen molar-refractivity contribution in [1.29, 1.82) is 0 Å². The number of ether oxygens (including phenoxy) is 1. The van der Waals surface area contributed by atoms with Crippen molar-refractivity contribution >= 4 is 17.6 Å². The Bertz CT molecular complexity index is 122. The highest BCUT2D eigenvalue weighted by Crippen LogP contribution is 2.08. The maximum Gasteiger partial charge on any atom is 0.335 e. The number of halogens is 1. The van der Waals surface area contributed by atoms with Gasteiger partial charge in [0.15, 0.2) is 5.60 Å². The van der Waals surface area contributed by atoms with E-state index in [0.29, 0.717) is 5.88 Å². The van der Waals surface area contributed by atoms with Crippen molar-refractivity contribution in [3.05, 3.63) is 0 Å². The fourth-order valence-electron chi connectivity index (χ4n) is 0.355. The third-order valence-corrected chi connectivity index (χ3v) is 1.21. The number of aliphatic carboxylic acids is 1. The van der Waals surface area contributed by atoms with Gasteiger partial charge in [-0.3, -0.25) is 0 Å². The van der Waals surface area contributed by atoms with E-state index in [0.717, 1.165) is 0 Å². The molecule has 3 nitrogen and oxygen atoms in total. The van der Waals surface area contributed by atoms with E-state index in [1.807, 2.05) is 0 Å². The Morgan fingerprint density at radius 1 is 1.70 bits per heavy atom. The second kappa shape index (κ2) is 3.78. The first-order valence-corrected chi connectivity index (χ1v) is 3.47. The molecular formula is C6H11ClO3. The Kier molecular flexibility index (Phi) is 3.68. The van der Waals surface area contributed by atoms with Gasteiger partial charge in [-0.25, -0.2) is 4.79 Å². The molecule has 0 spiro atoms. The van der Waals surface area contributed by atoms with Crippen molar-refractivity contribution in [3.63, 3.8) is 0 Å². The van der Waals surface area contributed by atoms with E-state index in [1.54, 1.807) is 0 Å². The van der Waals surface area contributed by atoms with Gasteiger partial charge < -0.3 is 9.84 Å². The van der Waals surface area contributed by atoms with Crippen molar-refractivity contribution in [2.24, 2.45) is 0 Å². The quantitative estimate of drug-likeness (QED) is 0.637. The molecule has 0 heterocycles. The van der Waals surface area contributed by atoms with Gasteiger partial charge in [-0.1, -0.05) is 0 Å². The minimum Gasteiger partial charge on any atom is -0.479 e. The molecule has 0 bridgehead atoms. The molecule has 0 radical (unpaired) electrons. The van der Waals surface area contributed by atoms with E-state index in [1.165, 1.54) is 13.8 Å². The Hall–Kier alpha value is -0.280. The Labute approximate surface area is 64.9 Å². The van der Waals surface area contributed by atoms with Gasteiger partial charge in [0.2, 0.25) is 0 Å². The topological polar surface area (TPSA) is 46.5 Å². The van der Waals surface area contributed by atoms with E-state index < -0.39 is 11.6 Å². The molecule has 0 aliphatic heterocycles. The van der Waals surface area contributed by atoms with Crippen LogP contribution < -0.4 is 0 Å². The number of carboxylic acid groups (broad SMARTS) is 1. The molecule has 0 aromatic carbocycles. The first-order valence-electron chi connectivity index (χ1n) is 2.94. The molecule has 0 aromatic rings. The SMILES string of the molecule is CC(C)(OCCCl)C(=O)O. The van der Waals surface area contributed by atoms with Crippen LogP contribution in [0.15, 0.2) is 0 Å². The molecule has 0 aliphatic carbocycles. The molecule has 0 saturated carbocycles. The number of carbonyl (C=O) groups is 1. The van der Waals surface area contributed by atoms with Crippen molar-refractivity contribution < 1.29 is 14.6 Å². The zero-order valence-corrected chi connectivity index (χ0v) is 6.81. The van der Waals surface area contributed by atoms with Gasteiger partial charge in [0.25, 0.3) is 0 Å². The van der Waals surface area contributed by atoms with Crippen LogP contribution in [0.25, 0.3) is 0 Å². The summed E-state index contributed by atoms with van der Waals surface area (Å²) in [5.41, 5.74) is -1.12. The standard InChI is InChI=1S/C6H11ClO3/c1-6(2,5(8)9)10-4-3-7/h3-4H2,1-2H3,(H,8,9). The van der Waals surface area contributed by atoms with E-state index in [9.17, 15) is 4.79 Å². The van der Waals surface area contributed by atoms with Gasteiger partial charge in [-0.05, 0) is 13.8 Å². The monoisotopic (exact) mass is 166 g/mol. The van der Waals surface area contributed by atoms with Gasteiger partial charge in [0, 0.05) is 5.88 Å². The van der Waals surface area contributed by atoms with Gasteiger partial charge in [0.1, 0.15) is 0 Å². The van der Waals surface area contributed by atoms with Crippen LogP contribution in [0.5, 0.6) is 0 Å². The summed E-state index contributed by atoms with van der Waals surface area (Å²) in [5, 5.41) is 8.50. The zero-order chi connectivity index (χ0) is 8.20. The predicted molar refractivity (Wildman–Crippen MR) is 38.4 cm³/mol. The third kappa shape index (κ3) is 3.03. The zero-order valence-electron chi connectivity index (χ0n) is 6.06. The highest BCUT2D eigenvalue weighted by molar-refractivity contribution is 6.17. The van der Waals surface area contributed by atoms with E-state index in [4.69, 9.17) is 21.4 Å². The van der Waals surface area contributed by atoms with Gasteiger partial charge in [0.05, 0.1) is 6.61 Å². The maximum atomic E-state index is 10.4. The highest BCUT2D eigenvalue weighted by atomic mass is 35.5. The molecule has 1 N–H and O–H groups in total. The highest BCUT2D eigenvalue weighted by Gasteiger charge is 2.27. The lowest BCUT2D eigenvalue weighted by Crippen LogP contribution is -2.35. The number of hydrogen-bond donors (Lipinski definition) is 1. The van der Waals surface area contributed by atoms with E-state index in [-0.39, 0.29) is 6.61 Å². The smallest absolute Gasteiger partial charge is 0.335 e. The van der Waals surface area contributed by atoms with Gasteiger partial charge in [-0.15, -0.1) is 11.6 Å². The largest absolute Gasteiger partial charge is 0.479 e. The molecule has 0 atom stereocenters. The number of alkyl halides is 1. The van der Waals surface area contributed by atoms with Gasteiger partial charge >= 0.3 is 5.97 Å². The van der Waals surface area contributed by atoms with Crippen molar-refractivity contribution in [3.8, 4) is 0 Å². The summed E-state index contributed by atoms with van der Waals surface area (Å²) < 4.78 is 4.91. The summed E-state index contributed by atoms with van der Waals surface area (Å²) >= 11 is 5.29. The molecule has 0 unspecified atom stereocenters. The van der Waals surface area contributed by atoms with Crippen LogP contribution in [0.3, 0.4) is 0 Å². The molecule has 4 heteroatoms. The molecule has 0 rings (SSSR count). The molecule has 0 fully saturated rings. The van der Waals surface area contributed by atoms with E-state index in [2.05, 4.69) is 0 Å². The van der Waals surface area contributed by atoms with Crippen LogP contribution in [-0.2, 0) is 9.53 Å². The summed E-state index contributed by atoms with van der Waals surface area (Å²) in [5.74, 6) is -0.658. The molecule has 10 heavy (non-hydrogen) atoms. The van der Waals surface area contributed by atoms with Crippen LogP contribution in [-0.4, -0.2) is 29.2 Å². The van der Waals surface area contributed by atoms with E-state index >= 15 is 0 Å². The Morgan fingerprint density at radius 2 is 2.20 bits per heavy atom. The minimum atomic E-state index is -1.12. The minimum absolute atomic E-state index is 0.265. The van der Waals surface area contributed by atoms with Crippen LogP contribution in [0.2, 0.25) is 0 Å². The Morgan fingerprint density at radius 3 is 2.50 bits per heavy atom. The Balaban J connectivity index is 3.75. The second-order valence-electron chi connectivity index (χ2n) is 2.35. The third-order valence-electron chi connectivity index (χ3n) is 1.06. The summed E-state index contributed by atoms with van der Waals surface area (Å²) in [6, 6.07) is 0. The normalized spacial score (nSPS) is 11.5. The summed E-state index contributed by atoms with van der Waals surface area (Å²) in [6.45, 7) is 3.24. The number of hydrogen-bond acceptors (Lipinski definition) is 2. The molecule has 0 saturated heterocycles. The van der Waals surface area contributed by atoms with Crippen LogP contribution >= 0.6 is 11.6 Å². The lowest BCUT2D eigenvalue weighted by atomic mass is 10.1. The molecule has 0 aliphatic rings. The summed E-state index contributed by atoms with van der Waals surface area (Å²) in [4.78, 5) is 10.4.